The Balaban J connectivity index is 2.51. The molecule has 1 unspecified atom stereocenters. The van der Waals surface area contributed by atoms with Gasteiger partial charge in [0.2, 0.25) is 0 Å². The second kappa shape index (κ2) is 4.61. The first kappa shape index (κ1) is 12.9. The highest BCUT2D eigenvalue weighted by molar-refractivity contribution is 5.79. The predicted molar refractivity (Wildman–Crippen MR) is 74.3 cm³/mol. The van der Waals surface area contributed by atoms with E-state index in [0.717, 1.165) is 23.1 Å². The largest absolute Gasteiger partial charge is 0.399 e. The van der Waals surface area contributed by atoms with Gasteiger partial charge in [-0.15, -0.1) is 0 Å². The van der Waals surface area contributed by atoms with E-state index in [2.05, 4.69) is 30.3 Å². The van der Waals surface area contributed by atoms with Gasteiger partial charge in [0, 0.05) is 18.3 Å². The lowest BCUT2D eigenvalue weighted by Crippen LogP contribution is -2.25. The third-order valence-corrected chi connectivity index (χ3v) is 3.34. The summed E-state index contributed by atoms with van der Waals surface area (Å²) in [5.41, 5.74) is 8.53. The molecule has 4 nitrogen and oxygen atoms in total. The monoisotopic (exact) mass is 247 g/mol. The zero-order chi connectivity index (χ0) is 13.3. The zero-order valence-electron chi connectivity index (χ0n) is 11.2. The van der Waals surface area contributed by atoms with Crippen LogP contribution in [0.1, 0.15) is 33.2 Å². The molecule has 3 N–H and O–H groups in total. The molecular weight excluding hydrogens is 226 g/mol. The second-order valence-corrected chi connectivity index (χ2v) is 5.79. The molecule has 0 saturated heterocycles. The van der Waals surface area contributed by atoms with Gasteiger partial charge in [-0.05, 0) is 30.0 Å². The number of nitrogen functional groups attached to an aromatic ring is 1. The van der Waals surface area contributed by atoms with Crippen molar-refractivity contribution in [2.24, 2.45) is 5.41 Å². The third-order valence-electron chi connectivity index (χ3n) is 3.34. The highest BCUT2D eigenvalue weighted by atomic mass is 16.3. The zero-order valence-corrected chi connectivity index (χ0v) is 11.2. The van der Waals surface area contributed by atoms with Gasteiger partial charge in [0.15, 0.2) is 0 Å². The standard InChI is InChI=1S/C14H21N3O/c1-14(2,3)13(6-7-18)17-9-16-11-8-10(15)4-5-12(11)17/h4-5,8-9,13,18H,6-7,15H2,1-3H3. The van der Waals surface area contributed by atoms with E-state index < -0.39 is 0 Å². The summed E-state index contributed by atoms with van der Waals surface area (Å²) in [6, 6.07) is 5.98. The molecule has 1 aromatic carbocycles. The number of aliphatic hydroxyl groups excluding tert-OH is 1. The highest BCUT2D eigenvalue weighted by Gasteiger charge is 2.26. The molecule has 2 rings (SSSR count). The average Bonchev–Trinajstić information content (AvgIpc) is 2.66. The Morgan fingerprint density at radius 2 is 2.11 bits per heavy atom. The lowest BCUT2D eigenvalue weighted by molar-refractivity contribution is 0.181. The van der Waals surface area contributed by atoms with E-state index in [0.29, 0.717) is 0 Å². The van der Waals surface area contributed by atoms with Crippen LogP contribution in [0.2, 0.25) is 0 Å². The fourth-order valence-corrected chi connectivity index (χ4v) is 2.41. The van der Waals surface area contributed by atoms with Crippen molar-refractivity contribution in [3.05, 3.63) is 24.5 Å². The summed E-state index contributed by atoms with van der Waals surface area (Å²) in [7, 11) is 0. The second-order valence-electron chi connectivity index (χ2n) is 5.79. The summed E-state index contributed by atoms with van der Waals surface area (Å²) in [6.07, 6.45) is 2.56. The van der Waals surface area contributed by atoms with Crippen LogP contribution in [0.25, 0.3) is 11.0 Å². The third kappa shape index (κ3) is 2.34. The number of imidazole rings is 1. The molecule has 0 aliphatic rings. The van der Waals surface area contributed by atoms with Gasteiger partial charge < -0.3 is 15.4 Å². The van der Waals surface area contributed by atoms with Gasteiger partial charge in [-0.3, -0.25) is 0 Å². The summed E-state index contributed by atoms with van der Waals surface area (Å²) < 4.78 is 2.14. The summed E-state index contributed by atoms with van der Waals surface area (Å²) in [4.78, 5) is 4.40. The Morgan fingerprint density at radius 3 is 2.72 bits per heavy atom. The Kier molecular flexibility index (Phi) is 3.30. The number of nitrogens with two attached hydrogens (primary N) is 1. The average molecular weight is 247 g/mol. The molecule has 2 aromatic rings. The molecular formula is C14H21N3O. The number of benzene rings is 1. The van der Waals surface area contributed by atoms with Crippen LogP contribution in [0, 0.1) is 5.41 Å². The maximum atomic E-state index is 9.26. The van der Waals surface area contributed by atoms with Crippen LogP contribution in [0.4, 0.5) is 5.69 Å². The number of fused-ring (bicyclic) bond motifs is 1. The van der Waals surface area contributed by atoms with Crippen LogP contribution >= 0.6 is 0 Å². The smallest absolute Gasteiger partial charge is 0.0961 e. The van der Waals surface area contributed by atoms with Gasteiger partial charge in [0.05, 0.1) is 17.4 Å². The molecule has 0 radical (unpaired) electrons. The fraction of sp³-hybridized carbons (Fsp3) is 0.500. The van der Waals surface area contributed by atoms with E-state index in [1.165, 1.54) is 0 Å². The molecule has 98 valence electrons. The number of nitrogens with zero attached hydrogens (tertiary/aromatic N) is 2. The molecule has 4 heteroatoms. The molecule has 1 heterocycles. The SMILES string of the molecule is CC(C)(C)C(CCO)n1cnc2cc(N)ccc21. The Bertz CT molecular complexity index is 539. The van der Waals surface area contributed by atoms with Crippen LogP contribution < -0.4 is 5.73 Å². The summed E-state index contributed by atoms with van der Waals surface area (Å²) in [6.45, 7) is 6.71. The first-order valence-corrected chi connectivity index (χ1v) is 6.26. The fourth-order valence-electron chi connectivity index (χ4n) is 2.41. The molecule has 0 bridgehead atoms. The van der Waals surface area contributed by atoms with Gasteiger partial charge in [0.1, 0.15) is 0 Å². The summed E-state index contributed by atoms with van der Waals surface area (Å²) >= 11 is 0. The van der Waals surface area contributed by atoms with Crippen molar-refractivity contribution in [3.8, 4) is 0 Å². The van der Waals surface area contributed by atoms with Gasteiger partial charge in [-0.2, -0.15) is 0 Å². The van der Waals surface area contributed by atoms with Crippen molar-refractivity contribution >= 4 is 16.7 Å². The summed E-state index contributed by atoms with van der Waals surface area (Å²) in [5.74, 6) is 0. The van der Waals surface area contributed by atoms with E-state index in [-0.39, 0.29) is 18.1 Å². The number of aromatic nitrogens is 2. The lowest BCUT2D eigenvalue weighted by Gasteiger charge is -2.32. The topological polar surface area (TPSA) is 64.1 Å². The molecule has 0 amide bonds. The molecule has 0 fully saturated rings. The van der Waals surface area contributed by atoms with E-state index in [1.807, 2.05) is 24.5 Å². The Labute approximate surface area is 107 Å². The molecule has 1 atom stereocenters. The van der Waals surface area contributed by atoms with Crippen LogP contribution in [0.3, 0.4) is 0 Å². The minimum absolute atomic E-state index is 0.0672. The van der Waals surface area contributed by atoms with Gasteiger partial charge in [0.25, 0.3) is 0 Å². The molecule has 18 heavy (non-hydrogen) atoms. The molecule has 0 aliphatic heterocycles. The molecule has 0 saturated carbocycles. The number of hydrogen-bond acceptors (Lipinski definition) is 3. The minimum Gasteiger partial charge on any atom is -0.399 e. The van der Waals surface area contributed by atoms with Crippen molar-refractivity contribution in [1.29, 1.82) is 0 Å². The predicted octanol–water partition coefficient (Wildman–Crippen LogP) is 2.59. The van der Waals surface area contributed by atoms with E-state index >= 15 is 0 Å². The van der Waals surface area contributed by atoms with Crippen LogP contribution in [-0.2, 0) is 0 Å². The van der Waals surface area contributed by atoms with Crippen molar-refractivity contribution in [2.75, 3.05) is 12.3 Å². The van der Waals surface area contributed by atoms with Crippen LogP contribution in [-0.4, -0.2) is 21.3 Å². The maximum Gasteiger partial charge on any atom is 0.0961 e. The first-order valence-electron chi connectivity index (χ1n) is 6.26. The minimum atomic E-state index is 0.0672. The van der Waals surface area contributed by atoms with Crippen molar-refractivity contribution < 1.29 is 5.11 Å². The Hall–Kier alpha value is -1.55. The first-order chi connectivity index (χ1) is 8.43. The quantitative estimate of drug-likeness (QED) is 0.819. The van der Waals surface area contributed by atoms with Gasteiger partial charge >= 0.3 is 0 Å². The normalized spacial score (nSPS) is 14.0. The van der Waals surface area contributed by atoms with Crippen LogP contribution in [0.5, 0.6) is 0 Å². The van der Waals surface area contributed by atoms with Crippen molar-refractivity contribution in [2.45, 2.75) is 33.2 Å². The van der Waals surface area contributed by atoms with E-state index in [9.17, 15) is 5.11 Å². The van der Waals surface area contributed by atoms with Gasteiger partial charge in [-0.25, -0.2) is 4.98 Å². The van der Waals surface area contributed by atoms with E-state index in [4.69, 9.17) is 5.73 Å². The van der Waals surface area contributed by atoms with Crippen LogP contribution in [0.15, 0.2) is 24.5 Å². The maximum absolute atomic E-state index is 9.26. The number of rotatable bonds is 3. The van der Waals surface area contributed by atoms with E-state index in [1.54, 1.807) is 0 Å². The van der Waals surface area contributed by atoms with Gasteiger partial charge in [-0.1, -0.05) is 20.8 Å². The highest BCUT2D eigenvalue weighted by Crippen LogP contribution is 2.35. The number of aliphatic hydroxyl groups is 1. The lowest BCUT2D eigenvalue weighted by atomic mass is 9.84. The molecule has 0 spiro atoms. The Morgan fingerprint density at radius 1 is 1.39 bits per heavy atom. The van der Waals surface area contributed by atoms with Crippen molar-refractivity contribution in [1.82, 2.24) is 9.55 Å². The summed E-state index contributed by atoms with van der Waals surface area (Å²) in [5, 5.41) is 9.26. The van der Waals surface area contributed by atoms with Crippen molar-refractivity contribution in [3.63, 3.8) is 0 Å². The number of anilines is 1. The molecule has 0 aliphatic carbocycles. The molecule has 1 aromatic heterocycles. The number of hydrogen-bond donors (Lipinski definition) is 2.